The van der Waals surface area contributed by atoms with Crippen molar-refractivity contribution in [3.05, 3.63) is 29.6 Å². The van der Waals surface area contributed by atoms with Gasteiger partial charge in [-0.2, -0.15) is 0 Å². The van der Waals surface area contributed by atoms with Gasteiger partial charge in [0.15, 0.2) is 5.78 Å². The first-order valence-electron chi connectivity index (χ1n) is 3.53. The number of nitrogens with two attached hydrogens (primary N) is 1. The van der Waals surface area contributed by atoms with E-state index in [2.05, 4.69) is 4.98 Å². The highest BCUT2D eigenvalue weighted by Crippen LogP contribution is 2.17. The molecule has 0 saturated carbocycles. The predicted molar refractivity (Wildman–Crippen MR) is 40.2 cm³/mol. The highest BCUT2D eigenvalue weighted by Gasteiger charge is 2.27. The summed E-state index contributed by atoms with van der Waals surface area (Å²) >= 11 is 0. The Morgan fingerprint density at radius 2 is 2.45 bits per heavy atom. The zero-order valence-corrected chi connectivity index (χ0v) is 5.95. The summed E-state index contributed by atoms with van der Waals surface area (Å²) in [5.41, 5.74) is 7.07. The zero-order valence-electron chi connectivity index (χ0n) is 5.95. The standard InChI is InChI=1S/C8H8N2O/c9-6-4-7-5(8(6)11)2-1-3-10-7/h1-3,6H,4,9H2. The molecule has 1 heterocycles. The number of nitrogens with zero attached hydrogens (tertiary/aromatic N) is 1. The van der Waals surface area contributed by atoms with Crippen LogP contribution in [0.25, 0.3) is 0 Å². The molecule has 56 valence electrons. The van der Waals surface area contributed by atoms with Crippen molar-refractivity contribution in [2.45, 2.75) is 12.5 Å². The van der Waals surface area contributed by atoms with Gasteiger partial charge in [-0.1, -0.05) is 0 Å². The molecular weight excluding hydrogens is 140 g/mol. The average Bonchev–Trinajstić information content (AvgIpc) is 2.30. The zero-order chi connectivity index (χ0) is 7.84. The lowest BCUT2D eigenvalue weighted by Crippen LogP contribution is -2.26. The lowest BCUT2D eigenvalue weighted by atomic mass is 10.2. The molecule has 2 rings (SSSR count). The van der Waals surface area contributed by atoms with Gasteiger partial charge < -0.3 is 5.73 Å². The second-order valence-corrected chi connectivity index (χ2v) is 2.67. The van der Waals surface area contributed by atoms with Gasteiger partial charge in [0.05, 0.1) is 11.7 Å². The van der Waals surface area contributed by atoms with E-state index in [0.29, 0.717) is 12.0 Å². The first-order valence-corrected chi connectivity index (χ1v) is 3.53. The number of Topliss-reactive ketones (excluding diaryl/α,β-unsaturated/α-hetero) is 1. The number of rotatable bonds is 0. The molecule has 0 saturated heterocycles. The van der Waals surface area contributed by atoms with E-state index < -0.39 is 0 Å². The number of aromatic nitrogens is 1. The van der Waals surface area contributed by atoms with Crippen LogP contribution in [0, 0.1) is 0 Å². The fourth-order valence-corrected chi connectivity index (χ4v) is 1.33. The second kappa shape index (κ2) is 2.13. The molecule has 0 spiro atoms. The highest BCUT2D eigenvalue weighted by molar-refractivity contribution is 6.03. The molecule has 0 aliphatic heterocycles. The van der Waals surface area contributed by atoms with Gasteiger partial charge in [-0.05, 0) is 12.1 Å². The largest absolute Gasteiger partial charge is 0.321 e. The topological polar surface area (TPSA) is 56.0 Å². The molecule has 1 aliphatic rings. The summed E-state index contributed by atoms with van der Waals surface area (Å²) in [5, 5.41) is 0. The van der Waals surface area contributed by atoms with Crippen LogP contribution in [0.2, 0.25) is 0 Å². The monoisotopic (exact) mass is 148 g/mol. The summed E-state index contributed by atoms with van der Waals surface area (Å²) in [7, 11) is 0. The summed E-state index contributed by atoms with van der Waals surface area (Å²) in [4.78, 5) is 15.3. The van der Waals surface area contributed by atoms with Crippen LogP contribution in [0.1, 0.15) is 16.1 Å². The fourth-order valence-electron chi connectivity index (χ4n) is 1.33. The third-order valence-corrected chi connectivity index (χ3v) is 1.91. The van der Waals surface area contributed by atoms with Crippen molar-refractivity contribution in [2.24, 2.45) is 5.73 Å². The fraction of sp³-hybridized carbons (Fsp3) is 0.250. The van der Waals surface area contributed by atoms with Crippen molar-refractivity contribution in [1.29, 1.82) is 0 Å². The van der Waals surface area contributed by atoms with E-state index in [1.807, 2.05) is 0 Å². The lowest BCUT2D eigenvalue weighted by molar-refractivity contribution is 0.0974. The smallest absolute Gasteiger partial charge is 0.181 e. The van der Waals surface area contributed by atoms with Gasteiger partial charge in [0.1, 0.15) is 0 Å². The lowest BCUT2D eigenvalue weighted by Gasteiger charge is -1.93. The first-order chi connectivity index (χ1) is 5.29. The number of carbonyl (C=O) groups excluding carboxylic acids is 1. The minimum Gasteiger partial charge on any atom is -0.321 e. The minimum absolute atomic E-state index is 0.0214. The van der Waals surface area contributed by atoms with Crippen LogP contribution < -0.4 is 5.73 Å². The normalized spacial score (nSPS) is 21.9. The molecule has 3 nitrogen and oxygen atoms in total. The van der Waals surface area contributed by atoms with Gasteiger partial charge in [0.2, 0.25) is 0 Å². The maximum atomic E-state index is 11.2. The molecule has 1 atom stereocenters. The number of hydrogen-bond donors (Lipinski definition) is 1. The highest BCUT2D eigenvalue weighted by atomic mass is 16.1. The van der Waals surface area contributed by atoms with Gasteiger partial charge in [0, 0.05) is 18.2 Å². The van der Waals surface area contributed by atoms with Gasteiger partial charge in [-0.3, -0.25) is 9.78 Å². The minimum atomic E-state index is -0.361. The van der Waals surface area contributed by atoms with Crippen LogP contribution in [0.3, 0.4) is 0 Å². The van der Waals surface area contributed by atoms with Crippen LogP contribution >= 0.6 is 0 Å². The Morgan fingerprint density at radius 1 is 1.64 bits per heavy atom. The molecule has 0 radical (unpaired) electrons. The van der Waals surface area contributed by atoms with E-state index in [4.69, 9.17) is 5.73 Å². The van der Waals surface area contributed by atoms with E-state index in [1.165, 1.54) is 0 Å². The van der Waals surface area contributed by atoms with Crippen molar-refractivity contribution >= 4 is 5.78 Å². The van der Waals surface area contributed by atoms with E-state index in [-0.39, 0.29) is 11.8 Å². The third-order valence-electron chi connectivity index (χ3n) is 1.91. The van der Waals surface area contributed by atoms with Crippen LogP contribution in [-0.2, 0) is 6.42 Å². The van der Waals surface area contributed by atoms with Crippen molar-refractivity contribution in [2.75, 3.05) is 0 Å². The van der Waals surface area contributed by atoms with Gasteiger partial charge in [-0.15, -0.1) is 0 Å². The Morgan fingerprint density at radius 3 is 3.18 bits per heavy atom. The Hall–Kier alpha value is -1.22. The predicted octanol–water partition coefficient (Wildman–Crippen LogP) is 0.148. The van der Waals surface area contributed by atoms with Crippen molar-refractivity contribution in [3.63, 3.8) is 0 Å². The van der Waals surface area contributed by atoms with E-state index in [1.54, 1.807) is 18.3 Å². The molecular formula is C8H8N2O. The number of ketones is 1. The van der Waals surface area contributed by atoms with E-state index in [0.717, 1.165) is 5.69 Å². The van der Waals surface area contributed by atoms with E-state index >= 15 is 0 Å². The SMILES string of the molecule is NC1Cc2ncccc2C1=O. The number of hydrogen-bond acceptors (Lipinski definition) is 3. The molecule has 0 bridgehead atoms. The van der Waals surface area contributed by atoms with Crippen LogP contribution in [0.15, 0.2) is 18.3 Å². The second-order valence-electron chi connectivity index (χ2n) is 2.67. The van der Waals surface area contributed by atoms with Crippen molar-refractivity contribution in [1.82, 2.24) is 4.98 Å². The summed E-state index contributed by atoms with van der Waals surface area (Å²) in [6.45, 7) is 0. The molecule has 2 N–H and O–H groups in total. The maximum absolute atomic E-state index is 11.2. The Balaban J connectivity index is 2.55. The molecule has 0 aromatic carbocycles. The molecule has 1 aliphatic carbocycles. The molecule has 0 amide bonds. The third kappa shape index (κ3) is 0.851. The Labute approximate surface area is 64.2 Å². The number of pyridine rings is 1. The first kappa shape index (κ1) is 6.49. The Bertz CT molecular complexity index is 309. The van der Waals surface area contributed by atoms with Crippen LogP contribution in [-0.4, -0.2) is 16.8 Å². The summed E-state index contributed by atoms with van der Waals surface area (Å²) in [5.74, 6) is 0.0214. The van der Waals surface area contributed by atoms with Gasteiger partial charge in [-0.25, -0.2) is 0 Å². The van der Waals surface area contributed by atoms with Crippen LogP contribution in [0.5, 0.6) is 0 Å². The average molecular weight is 148 g/mol. The summed E-state index contributed by atoms with van der Waals surface area (Å²) < 4.78 is 0. The Kier molecular flexibility index (Phi) is 1.26. The summed E-state index contributed by atoms with van der Waals surface area (Å²) in [6.07, 6.45) is 2.28. The number of carbonyl (C=O) groups is 1. The quantitative estimate of drug-likeness (QED) is 0.569. The molecule has 3 heteroatoms. The van der Waals surface area contributed by atoms with Crippen molar-refractivity contribution in [3.8, 4) is 0 Å². The molecule has 1 aromatic rings. The van der Waals surface area contributed by atoms with Gasteiger partial charge in [0.25, 0.3) is 0 Å². The van der Waals surface area contributed by atoms with Crippen molar-refractivity contribution < 1.29 is 4.79 Å². The number of fused-ring (bicyclic) bond motifs is 1. The molecule has 1 aromatic heterocycles. The van der Waals surface area contributed by atoms with Gasteiger partial charge >= 0.3 is 0 Å². The maximum Gasteiger partial charge on any atom is 0.181 e. The molecule has 1 unspecified atom stereocenters. The summed E-state index contributed by atoms with van der Waals surface area (Å²) in [6, 6.07) is 3.17. The van der Waals surface area contributed by atoms with E-state index in [9.17, 15) is 4.79 Å². The molecule has 0 fully saturated rings. The molecule has 11 heavy (non-hydrogen) atoms. The van der Waals surface area contributed by atoms with Crippen LogP contribution in [0.4, 0.5) is 0 Å².